The van der Waals surface area contributed by atoms with Crippen LogP contribution in [0.5, 0.6) is 0 Å². The normalized spacial score (nSPS) is 24.1. The molecule has 1 fully saturated rings. The van der Waals surface area contributed by atoms with E-state index in [1.165, 1.54) is 4.90 Å². The molecule has 0 aromatic rings. The smallest absolute Gasteiger partial charge is 0.327 e. The Labute approximate surface area is 70.6 Å². The Bertz CT molecular complexity index is 197. The van der Waals surface area contributed by atoms with Gasteiger partial charge in [0.2, 0.25) is 0 Å². The fourth-order valence-corrected chi connectivity index (χ4v) is 1.15. The Morgan fingerprint density at radius 2 is 2.08 bits per heavy atom. The van der Waals surface area contributed by atoms with Crippen LogP contribution in [0.3, 0.4) is 0 Å². The summed E-state index contributed by atoms with van der Waals surface area (Å²) in [5.41, 5.74) is 0. The van der Waals surface area contributed by atoms with Crippen LogP contribution in [0.15, 0.2) is 0 Å². The zero-order chi connectivity index (χ0) is 9.30. The lowest BCUT2D eigenvalue weighted by Gasteiger charge is -2.11. The lowest BCUT2D eigenvalue weighted by Crippen LogP contribution is -2.33. The lowest BCUT2D eigenvalue weighted by molar-refractivity contribution is -0.128. The Morgan fingerprint density at radius 1 is 1.50 bits per heavy atom. The molecule has 0 aliphatic carbocycles. The minimum absolute atomic E-state index is 0.0896. The van der Waals surface area contributed by atoms with Crippen molar-refractivity contribution in [1.82, 2.24) is 9.80 Å². The van der Waals surface area contributed by atoms with E-state index in [4.69, 9.17) is 5.11 Å². The molecule has 0 bridgehead atoms. The standard InChI is InChI=1S/C7H12N2O3/c1-5-6(11)9(3-4-10)7(12)8(5)2/h5,10H,3-4H2,1-2H3. The van der Waals surface area contributed by atoms with Gasteiger partial charge in [-0.25, -0.2) is 4.79 Å². The van der Waals surface area contributed by atoms with Crippen molar-refractivity contribution in [2.45, 2.75) is 13.0 Å². The van der Waals surface area contributed by atoms with Gasteiger partial charge in [0, 0.05) is 7.05 Å². The molecule has 0 saturated carbocycles. The van der Waals surface area contributed by atoms with Gasteiger partial charge in [-0.15, -0.1) is 0 Å². The van der Waals surface area contributed by atoms with Gasteiger partial charge in [-0.05, 0) is 6.92 Å². The third-order valence-electron chi connectivity index (χ3n) is 2.06. The highest BCUT2D eigenvalue weighted by atomic mass is 16.3. The monoisotopic (exact) mass is 172 g/mol. The molecule has 68 valence electrons. The number of aliphatic hydroxyl groups is 1. The van der Waals surface area contributed by atoms with E-state index < -0.39 is 6.04 Å². The van der Waals surface area contributed by atoms with Crippen LogP contribution in [-0.4, -0.2) is 53.1 Å². The predicted molar refractivity (Wildman–Crippen MR) is 41.4 cm³/mol. The fourth-order valence-electron chi connectivity index (χ4n) is 1.15. The zero-order valence-corrected chi connectivity index (χ0v) is 7.15. The van der Waals surface area contributed by atoms with Gasteiger partial charge in [0.15, 0.2) is 0 Å². The number of nitrogens with zero attached hydrogens (tertiary/aromatic N) is 2. The van der Waals surface area contributed by atoms with Gasteiger partial charge in [-0.3, -0.25) is 9.69 Å². The van der Waals surface area contributed by atoms with Crippen molar-refractivity contribution in [3.8, 4) is 0 Å². The summed E-state index contributed by atoms with van der Waals surface area (Å²) in [5.74, 6) is -0.239. The molecule has 1 atom stereocenters. The van der Waals surface area contributed by atoms with Crippen LogP contribution >= 0.6 is 0 Å². The first-order chi connectivity index (χ1) is 5.59. The van der Waals surface area contributed by atoms with Crippen molar-refractivity contribution in [1.29, 1.82) is 0 Å². The van der Waals surface area contributed by atoms with Crippen LogP contribution in [0, 0.1) is 0 Å². The van der Waals surface area contributed by atoms with Crippen LogP contribution in [0.25, 0.3) is 0 Å². The summed E-state index contributed by atoms with van der Waals surface area (Å²) in [6, 6.07) is -0.731. The third-order valence-corrected chi connectivity index (χ3v) is 2.06. The largest absolute Gasteiger partial charge is 0.395 e. The van der Waals surface area contributed by atoms with E-state index in [0.29, 0.717) is 0 Å². The van der Waals surface area contributed by atoms with Crippen molar-refractivity contribution in [2.75, 3.05) is 20.2 Å². The second kappa shape index (κ2) is 3.10. The SMILES string of the molecule is CC1C(=O)N(CCO)C(=O)N1C. The van der Waals surface area contributed by atoms with E-state index in [-0.39, 0.29) is 25.1 Å². The second-order valence-corrected chi connectivity index (χ2v) is 2.78. The molecule has 5 heteroatoms. The molecule has 1 N–H and O–H groups in total. The number of amides is 3. The first-order valence-corrected chi connectivity index (χ1v) is 3.78. The molecule has 1 heterocycles. The predicted octanol–water partition coefficient (Wildman–Crippen LogP) is -0.739. The third kappa shape index (κ3) is 1.16. The summed E-state index contributed by atoms with van der Waals surface area (Å²) in [7, 11) is 1.57. The minimum atomic E-state index is -0.399. The molecule has 0 spiro atoms. The number of carbonyl (C=O) groups is 2. The maximum Gasteiger partial charge on any atom is 0.327 e. The van der Waals surface area contributed by atoms with E-state index in [2.05, 4.69) is 0 Å². The fraction of sp³-hybridized carbons (Fsp3) is 0.714. The van der Waals surface area contributed by atoms with E-state index in [9.17, 15) is 9.59 Å². The van der Waals surface area contributed by atoms with Crippen molar-refractivity contribution < 1.29 is 14.7 Å². The highest BCUT2D eigenvalue weighted by Crippen LogP contribution is 2.13. The van der Waals surface area contributed by atoms with Gasteiger partial charge in [-0.1, -0.05) is 0 Å². The molecule has 0 radical (unpaired) electrons. The Balaban J connectivity index is 2.76. The Kier molecular flexibility index (Phi) is 2.32. The maximum atomic E-state index is 11.3. The zero-order valence-electron chi connectivity index (χ0n) is 7.15. The van der Waals surface area contributed by atoms with Crippen LogP contribution in [0.4, 0.5) is 4.79 Å². The van der Waals surface area contributed by atoms with Crippen LogP contribution in [0.2, 0.25) is 0 Å². The summed E-state index contributed by atoms with van der Waals surface area (Å²) >= 11 is 0. The first-order valence-electron chi connectivity index (χ1n) is 3.78. The van der Waals surface area contributed by atoms with E-state index in [1.54, 1.807) is 14.0 Å². The van der Waals surface area contributed by atoms with Gasteiger partial charge >= 0.3 is 6.03 Å². The van der Waals surface area contributed by atoms with Crippen LogP contribution in [0.1, 0.15) is 6.92 Å². The number of hydrogen-bond acceptors (Lipinski definition) is 3. The molecule has 3 amide bonds. The second-order valence-electron chi connectivity index (χ2n) is 2.78. The average molecular weight is 172 g/mol. The number of urea groups is 1. The molecule has 1 aliphatic heterocycles. The molecular weight excluding hydrogens is 160 g/mol. The Morgan fingerprint density at radius 3 is 2.42 bits per heavy atom. The summed E-state index contributed by atoms with van der Waals surface area (Å²) in [6.07, 6.45) is 0. The van der Waals surface area contributed by atoms with Crippen molar-refractivity contribution in [2.24, 2.45) is 0 Å². The molecule has 0 aromatic heterocycles. The number of carbonyl (C=O) groups excluding carboxylic acids is 2. The van der Waals surface area contributed by atoms with Crippen molar-refractivity contribution >= 4 is 11.9 Å². The molecule has 0 aromatic carbocycles. The number of imide groups is 1. The van der Waals surface area contributed by atoms with Crippen LogP contribution < -0.4 is 0 Å². The van der Waals surface area contributed by atoms with E-state index >= 15 is 0 Å². The number of likely N-dealkylation sites (N-methyl/N-ethyl adjacent to an activating group) is 1. The first kappa shape index (κ1) is 8.99. The summed E-state index contributed by atoms with van der Waals surface area (Å²) in [6.45, 7) is 1.57. The highest BCUT2D eigenvalue weighted by Gasteiger charge is 2.39. The number of β-amino-alcohol motifs (C(OH)–C–C–N with tert-alkyl or cyclic N) is 1. The van der Waals surface area contributed by atoms with Gasteiger partial charge in [0.05, 0.1) is 13.2 Å². The quantitative estimate of drug-likeness (QED) is 0.558. The van der Waals surface area contributed by atoms with Crippen molar-refractivity contribution in [3.05, 3.63) is 0 Å². The molecule has 1 rings (SSSR count). The summed E-state index contributed by atoms with van der Waals surface area (Å²) in [4.78, 5) is 24.9. The van der Waals surface area contributed by atoms with Gasteiger partial charge in [0.1, 0.15) is 6.04 Å². The maximum absolute atomic E-state index is 11.3. The number of aliphatic hydroxyl groups excluding tert-OH is 1. The van der Waals surface area contributed by atoms with Crippen molar-refractivity contribution in [3.63, 3.8) is 0 Å². The molecule has 1 unspecified atom stereocenters. The number of rotatable bonds is 2. The average Bonchev–Trinajstić information content (AvgIpc) is 2.23. The topological polar surface area (TPSA) is 60.9 Å². The van der Waals surface area contributed by atoms with E-state index in [0.717, 1.165) is 4.90 Å². The lowest BCUT2D eigenvalue weighted by atomic mass is 10.3. The highest BCUT2D eigenvalue weighted by molar-refractivity contribution is 6.03. The Hall–Kier alpha value is -1.10. The van der Waals surface area contributed by atoms with Gasteiger partial charge < -0.3 is 10.0 Å². The molecule has 1 saturated heterocycles. The molecular formula is C7H12N2O3. The van der Waals surface area contributed by atoms with E-state index in [1.807, 2.05) is 0 Å². The summed E-state index contributed by atoms with van der Waals surface area (Å²) < 4.78 is 0. The van der Waals surface area contributed by atoms with Gasteiger partial charge in [0.25, 0.3) is 5.91 Å². The minimum Gasteiger partial charge on any atom is -0.395 e. The molecule has 12 heavy (non-hydrogen) atoms. The van der Waals surface area contributed by atoms with Crippen LogP contribution in [-0.2, 0) is 4.79 Å². The molecule has 1 aliphatic rings. The summed E-state index contributed by atoms with van der Waals surface area (Å²) in [5, 5.41) is 8.57. The van der Waals surface area contributed by atoms with Gasteiger partial charge in [-0.2, -0.15) is 0 Å². The molecule has 5 nitrogen and oxygen atoms in total. The number of hydrogen-bond donors (Lipinski definition) is 1.